The minimum absolute atomic E-state index is 0.0877. The van der Waals surface area contributed by atoms with Crippen LogP contribution < -0.4 is 16.8 Å². The van der Waals surface area contributed by atoms with Crippen LogP contribution in [-0.2, 0) is 32.0 Å². The van der Waals surface area contributed by atoms with Gasteiger partial charge in [-0.25, -0.2) is 14.8 Å². The first-order valence-corrected chi connectivity index (χ1v) is 17.3. The Bertz CT molecular complexity index is 2410. The molecule has 291 valence electrons. The molecular weight excluding hydrogens is 774 g/mol. The number of nitrogens with two attached hydrogens (primary N) is 2. The molecule has 5 N–H and O–H groups in total. The fraction of sp³-hybridized carbons (Fsp3) is 0.150. The number of nitrogen functional groups attached to an aromatic ring is 2. The molecule has 1 amide bonds. The number of anilines is 3. The van der Waals surface area contributed by atoms with Gasteiger partial charge in [-0.2, -0.15) is 13.2 Å². The van der Waals surface area contributed by atoms with Crippen LogP contribution in [0.3, 0.4) is 0 Å². The van der Waals surface area contributed by atoms with E-state index in [4.69, 9.17) is 28.7 Å². The summed E-state index contributed by atoms with van der Waals surface area (Å²) in [6, 6.07) is 29.1. The van der Waals surface area contributed by atoms with Gasteiger partial charge in [0.1, 0.15) is 17.2 Å². The number of aldehydes is 1. The van der Waals surface area contributed by atoms with E-state index in [2.05, 4.69) is 15.3 Å². The quantitative estimate of drug-likeness (QED) is 0.0655. The SMILES string of the molecule is Cc1ccc(C(=O)c2ccnc(NC(=O)OC(C)(C)C)c2)c2ccccc12.Nc1cc(C(=O)c2ccc(N)c3ccccc23)ccn1.O=CC(F)(F)F.[O]=[Mn]=[O]. The van der Waals surface area contributed by atoms with Gasteiger partial charge in [-0.3, -0.25) is 19.7 Å². The number of aryl methyl sites for hydroxylation is 1. The molecule has 6 rings (SSSR count). The number of halogens is 3. The van der Waals surface area contributed by atoms with Crippen molar-refractivity contribution in [1.82, 2.24) is 9.97 Å². The van der Waals surface area contributed by atoms with Crippen LogP contribution in [0.1, 0.15) is 58.2 Å². The van der Waals surface area contributed by atoms with Gasteiger partial charge in [0.2, 0.25) is 6.29 Å². The van der Waals surface area contributed by atoms with Crippen molar-refractivity contribution in [1.29, 1.82) is 0 Å². The van der Waals surface area contributed by atoms with Gasteiger partial charge in [0.25, 0.3) is 0 Å². The number of ketones is 2. The van der Waals surface area contributed by atoms with Gasteiger partial charge in [-0.05, 0) is 85.8 Å². The number of amides is 1. The molecule has 0 aliphatic rings. The molecule has 12 nitrogen and oxygen atoms in total. The number of carbonyl (C=O) groups is 4. The van der Waals surface area contributed by atoms with E-state index in [1.165, 1.54) is 12.4 Å². The van der Waals surface area contributed by atoms with Crippen molar-refractivity contribution in [3.63, 3.8) is 0 Å². The predicted octanol–water partition coefficient (Wildman–Crippen LogP) is 8.26. The van der Waals surface area contributed by atoms with Crippen molar-refractivity contribution >= 4 is 62.8 Å². The number of fused-ring (bicyclic) bond motifs is 2. The van der Waals surface area contributed by atoms with E-state index in [-0.39, 0.29) is 17.4 Å². The molecule has 56 heavy (non-hydrogen) atoms. The molecule has 0 aliphatic carbocycles. The van der Waals surface area contributed by atoms with Crippen molar-refractivity contribution in [2.75, 3.05) is 16.8 Å². The molecule has 2 aromatic heterocycles. The van der Waals surface area contributed by atoms with Crippen LogP contribution in [0, 0.1) is 6.92 Å². The van der Waals surface area contributed by atoms with Gasteiger partial charge < -0.3 is 16.2 Å². The van der Waals surface area contributed by atoms with Crippen LogP contribution in [0.5, 0.6) is 0 Å². The number of alkyl halides is 3. The van der Waals surface area contributed by atoms with Crippen LogP contribution in [0.4, 0.5) is 35.3 Å². The molecule has 6 aromatic rings. The van der Waals surface area contributed by atoms with Crippen molar-refractivity contribution in [3.05, 3.63) is 137 Å². The number of ether oxygens (including phenoxy) is 1. The summed E-state index contributed by atoms with van der Waals surface area (Å²) in [4.78, 5) is 54.3. The number of pyridine rings is 2. The summed E-state index contributed by atoms with van der Waals surface area (Å²) in [5.74, 6) is 0.387. The normalized spacial score (nSPS) is 10.6. The Labute approximate surface area is 325 Å². The van der Waals surface area contributed by atoms with Gasteiger partial charge >= 0.3 is 34.8 Å². The molecule has 0 aliphatic heterocycles. The van der Waals surface area contributed by atoms with E-state index in [0.29, 0.717) is 33.8 Å². The topological polar surface area (TPSA) is 202 Å². The number of nitrogens with one attached hydrogen (secondary N) is 1. The fourth-order valence-electron chi connectivity index (χ4n) is 5.12. The summed E-state index contributed by atoms with van der Waals surface area (Å²) in [6.45, 7) is 7.36. The molecule has 0 spiro atoms. The second-order valence-corrected chi connectivity index (χ2v) is 12.8. The Morgan fingerprint density at radius 1 is 0.714 bits per heavy atom. The molecule has 4 aromatic carbocycles. The first kappa shape index (κ1) is 43.9. The summed E-state index contributed by atoms with van der Waals surface area (Å²) < 4.78 is 53.3. The van der Waals surface area contributed by atoms with Gasteiger partial charge in [0.15, 0.2) is 11.6 Å². The standard InChI is InChI=1S/C22H22N2O3.C16H13N3O.C2HF3O.Mn.2O/c1-14-9-10-18(17-8-6-5-7-16(14)17)20(25)15-11-12-23-19(13-15)24-21(26)27-22(2,3)4;17-14-6-5-13(11-3-1-2-4-12(11)14)16(20)10-7-8-19-15(18)9-10;3-2(4,5)1-6;;;/h5-13H,1-4H3,(H,23,24,26);1-9H,17H2,(H2,18,19);1H;;;. The Hall–Kier alpha value is -6.51. The molecule has 0 unspecified atom stereocenters. The van der Waals surface area contributed by atoms with Crippen molar-refractivity contribution in [3.8, 4) is 0 Å². The van der Waals surface area contributed by atoms with Gasteiger partial charge in [0.05, 0.1) is 0 Å². The Morgan fingerprint density at radius 3 is 1.70 bits per heavy atom. The monoisotopic (exact) mass is 810 g/mol. The number of nitrogens with zero attached hydrogens (tertiary/aromatic N) is 2. The summed E-state index contributed by atoms with van der Waals surface area (Å²) in [5.41, 5.74) is 14.9. The third kappa shape index (κ3) is 12.8. The Morgan fingerprint density at radius 2 is 1.18 bits per heavy atom. The molecule has 16 heteroatoms. The Balaban J connectivity index is 0.000000254. The van der Waals surface area contributed by atoms with Crippen LogP contribution in [0.2, 0.25) is 0 Å². The first-order chi connectivity index (χ1) is 26.4. The number of hydrogen-bond acceptors (Lipinski definition) is 11. The van der Waals surface area contributed by atoms with Gasteiger partial charge in [-0.1, -0.05) is 60.7 Å². The second kappa shape index (κ2) is 19.7. The maximum absolute atomic E-state index is 13.1. The average Bonchev–Trinajstić information content (AvgIpc) is 3.15. The number of hydrogen-bond donors (Lipinski definition) is 3. The van der Waals surface area contributed by atoms with Crippen molar-refractivity contribution in [2.45, 2.75) is 39.5 Å². The number of benzene rings is 4. The first-order valence-electron chi connectivity index (χ1n) is 16.3. The zero-order valence-electron chi connectivity index (χ0n) is 30.4. The van der Waals surface area contributed by atoms with E-state index >= 15 is 0 Å². The van der Waals surface area contributed by atoms with E-state index in [0.717, 1.165) is 27.1 Å². The molecule has 2 heterocycles. The van der Waals surface area contributed by atoms with Crippen LogP contribution >= 0.6 is 0 Å². The second-order valence-electron chi connectivity index (χ2n) is 12.6. The predicted molar refractivity (Wildman–Crippen MR) is 200 cm³/mol. The van der Waals surface area contributed by atoms with Crippen LogP contribution in [0.25, 0.3) is 21.5 Å². The summed E-state index contributed by atoms with van der Waals surface area (Å²) in [5, 5.41) is 6.23. The van der Waals surface area contributed by atoms with Crippen molar-refractivity contribution in [2.24, 2.45) is 0 Å². The molecule has 0 saturated heterocycles. The summed E-state index contributed by atoms with van der Waals surface area (Å²) in [7, 11) is 0. The van der Waals surface area contributed by atoms with E-state index < -0.39 is 39.0 Å². The van der Waals surface area contributed by atoms with E-state index in [1.807, 2.05) is 67.6 Å². The zero-order chi connectivity index (χ0) is 41.6. The number of carbonyl (C=O) groups excluding carboxylic acids is 4. The summed E-state index contributed by atoms with van der Waals surface area (Å²) in [6.07, 6.45) is -3.29. The van der Waals surface area contributed by atoms with Crippen molar-refractivity contribution < 1.29 is 59.6 Å². The van der Waals surface area contributed by atoms with E-state index in [1.54, 1.807) is 57.2 Å². The van der Waals surface area contributed by atoms with Gasteiger partial charge in [0, 0.05) is 45.7 Å². The molecule has 0 saturated carbocycles. The molecule has 0 fully saturated rings. The summed E-state index contributed by atoms with van der Waals surface area (Å²) >= 11 is -1.44. The zero-order valence-corrected chi connectivity index (χ0v) is 31.6. The fourth-order valence-corrected chi connectivity index (χ4v) is 5.12. The van der Waals surface area contributed by atoms with E-state index in [9.17, 15) is 27.6 Å². The molecule has 0 bridgehead atoms. The van der Waals surface area contributed by atoms with Crippen LogP contribution in [-0.4, -0.2) is 45.7 Å². The third-order valence-electron chi connectivity index (χ3n) is 7.42. The minimum atomic E-state index is -4.64. The molecule has 0 radical (unpaired) electrons. The number of rotatable bonds is 5. The molecule has 0 atom stereocenters. The Kier molecular flexibility index (Phi) is 15.4. The molecular formula is C40H36F3MnN5O7. The van der Waals surface area contributed by atoms with Gasteiger partial charge in [-0.15, -0.1) is 0 Å². The maximum atomic E-state index is 13.1. The third-order valence-corrected chi connectivity index (χ3v) is 7.42. The van der Waals surface area contributed by atoms with Crippen LogP contribution in [0.15, 0.2) is 109 Å². The number of aromatic nitrogens is 2. The average molecular weight is 811 g/mol.